The molecule has 38 heteroatoms. The SMILES string of the molecule is COC[C@H]1O[C@@H]2O[C@H]3[C@H](OC)[C@@H](OC)[C@@H](O[C@H]4[C@H](OC)[C@@H](OC)[C@@H](O[C@H]5[C@H](OC)[C@@H](OC)[C@@H](O[C@H]6[C@H](OC)[C@@H](OC)[C@@H](O[C@H]7[C@H](OC)[C@@H](OC)[C@@H](O[C@H]8[C@H](OC)[C@@H](OCCCCCCCCCCCN=[N+]=[N-])[C@@H](O[C@H]1[C@H](O)[C@H]2OC)O[C@@H]8COC)O[C@@H]7COC)O[C@@H]6COC)O[C@@H]5COC)O[C@@H]4COC)O[C@@H]3COC. The molecular weight excluding hydrogens is 1470 g/mol. The summed E-state index contributed by atoms with van der Waals surface area (Å²) < 4.78 is 222. The van der Waals surface area contributed by atoms with Crippen LogP contribution in [-0.4, -0.2) is 415 Å². The van der Waals surface area contributed by atoms with Gasteiger partial charge in [0.2, 0.25) is 0 Å². The molecule has 0 aromatic rings. The van der Waals surface area contributed by atoms with Crippen molar-refractivity contribution in [2.45, 2.75) is 273 Å². The van der Waals surface area contributed by atoms with E-state index in [1.54, 1.807) is 0 Å². The van der Waals surface area contributed by atoms with Gasteiger partial charge < -0.3 is 166 Å². The maximum absolute atomic E-state index is 12.9. The van der Waals surface area contributed by atoms with Crippen molar-refractivity contribution in [2.24, 2.45) is 5.11 Å². The van der Waals surface area contributed by atoms with E-state index in [4.69, 9.17) is 167 Å². The van der Waals surface area contributed by atoms with Crippen LogP contribution in [0.2, 0.25) is 0 Å². The second-order valence-corrected chi connectivity index (χ2v) is 28.1. The summed E-state index contributed by atoms with van der Waals surface area (Å²) in [4.78, 5) is 2.86. The minimum absolute atomic E-state index is 0.0503. The van der Waals surface area contributed by atoms with Crippen LogP contribution < -0.4 is 0 Å². The second-order valence-electron chi connectivity index (χ2n) is 28.1. The molecule has 0 spiro atoms. The van der Waals surface area contributed by atoms with E-state index in [9.17, 15) is 5.11 Å². The summed E-state index contributed by atoms with van der Waals surface area (Å²) in [5.41, 5.74) is 8.66. The number of hydrogen-bond donors (Lipinski definition) is 1. The lowest BCUT2D eigenvalue weighted by atomic mass is 9.94. The molecule has 21 saturated heterocycles. The number of ether oxygens (including phenoxy) is 34. The standard InChI is InChI=1S/C72H129N3O35/c1-77-31-38-46-45(76)53(84-8)66(97-38)105-47-39(32-78-2)98-67(60(91-15)54(47)85-9)106-48-40(33-79-3)99-68(61(92-16)55(48)86-10)107-49-41(34-80-4)100-69(62(93-17)56(49)87-11)108-50-42(35-81-5)101-70(63(94-18)57(50)88-12)109-51-43(36-82-6)102-71(64(95-19)58(51)89-13)110-52-44(37-83-7)103-72(104-46)65(59(52)90-14)96-30-28-26-24-22-20-21-23-25-27-29-74-75-73/h38-72,76H,20-37H2,1-19H3/t38-,39-,40-,41-,42-,43-,44-,45+,46-,47-,48-,49-,50-,51-,52-,53-,54+,55+,56+,57+,58+,59+,60-,61-,62-,63-,64-,65-,66-,67-,68-,69-,70-,71-,72-/m1/s1. The molecule has 21 rings (SSSR count). The Bertz CT molecular complexity index is 2540. The van der Waals surface area contributed by atoms with Crippen molar-refractivity contribution < 1.29 is 166 Å². The predicted molar refractivity (Wildman–Crippen MR) is 379 cm³/mol. The number of hydrogen-bond acceptors (Lipinski definition) is 36. The average molecular weight is 1600 g/mol. The van der Waals surface area contributed by atoms with Gasteiger partial charge in [-0.05, 0) is 18.4 Å². The van der Waals surface area contributed by atoms with Gasteiger partial charge in [-0.1, -0.05) is 50.1 Å². The van der Waals surface area contributed by atoms with Gasteiger partial charge >= 0.3 is 0 Å². The Balaban J connectivity index is 1.21. The fourth-order valence-electron chi connectivity index (χ4n) is 16.3. The summed E-state index contributed by atoms with van der Waals surface area (Å²) in [7, 11) is 28.5. The number of methoxy groups -OCH3 is 19. The highest BCUT2D eigenvalue weighted by molar-refractivity contribution is 5.04. The summed E-state index contributed by atoms with van der Waals surface area (Å²) in [5.74, 6) is 0. The highest BCUT2D eigenvalue weighted by Crippen LogP contribution is 2.43. The zero-order chi connectivity index (χ0) is 79.4. The third-order valence-corrected chi connectivity index (χ3v) is 21.6. The van der Waals surface area contributed by atoms with E-state index < -0.39 is 215 Å². The van der Waals surface area contributed by atoms with E-state index in [-0.39, 0.29) is 52.9 Å². The fourth-order valence-corrected chi connectivity index (χ4v) is 16.3. The molecule has 21 fully saturated rings. The molecule has 21 aliphatic heterocycles. The monoisotopic (exact) mass is 1600 g/mol. The van der Waals surface area contributed by atoms with Crippen LogP contribution >= 0.6 is 0 Å². The Morgan fingerprint density at radius 2 is 0.445 bits per heavy atom. The van der Waals surface area contributed by atoms with Crippen molar-refractivity contribution >= 4 is 0 Å². The first-order chi connectivity index (χ1) is 53.6. The van der Waals surface area contributed by atoms with Gasteiger partial charge in [-0.2, -0.15) is 0 Å². The molecule has 21 aliphatic rings. The van der Waals surface area contributed by atoms with E-state index >= 15 is 0 Å². The van der Waals surface area contributed by atoms with Gasteiger partial charge in [-0.25, -0.2) is 0 Å². The third kappa shape index (κ3) is 22.8. The quantitative estimate of drug-likeness (QED) is 0.0398. The van der Waals surface area contributed by atoms with E-state index in [0.29, 0.717) is 13.0 Å². The molecule has 35 atom stereocenters. The van der Waals surface area contributed by atoms with Gasteiger partial charge in [-0.15, -0.1) is 0 Å². The number of unbranched alkanes of at least 4 members (excludes halogenated alkanes) is 8. The van der Waals surface area contributed by atoms with E-state index in [1.807, 2.05) is 0 Å². The van der Waals surface area contributed by atoms with Crippen LogP contribution in [0.1, 0.15) is 57.8 Å². The van der Waals surface area contributed by atoms with E-state index in [1.165, 1.54) is 135 Å². The average Bonchev–Trinajstić information content (AvgIpc) is 0.768. The largest absolute Gasteiger partial charge is 0.387 e. The Morgan fingerprint density at radius 1 is 0.245 bits per heavy atom. The molecule has 21 heterocycles. The number of rotatable bonds is 39. The Morgan fingerprint density at radius 3 is 0.682 bits per heavy atom. The molecule has 0 amide bonds. The molecule has 0 aromatic carbocycles. The van der Waals surface area contributed by atoms with Crippen LogP contribution in [-0.2, 0) is 161 Å². The molecule has 1 N–H and O–H groups in total. The second kappa shape index (κ2) is 48.7. The minimum Gasteiger partial charge on any atom is -0.387 e. The van der Waals surface area contributed by atoms with Crippen LogP contribution in [0.3, 0.4) is 0 Å². The summed E-state index contributed by atoms with van der Waals surface area (Å²) in [6.07, 6.45) is -29.9. The molecule has 0 aromatic heterocycles. The summed E-state index contributed by atoms with van der Waals surface area (Å²) >= 11 is 0. The Labute approximate surface area is 646 Å². The topological polar surface area (TPSA) is 383 Å². The first kappa shape index (κ1) is 93.4. The summed E-state index contributed by atoms with van der Waals surface area (Å²) in [5, 5.41) is 16.6. The first-order valence-corrected chi connectivity index (χ1v) is 37.9. The van der Waals surface area contributed by atoms with Gasteiger partial charge in [0, 0.05) is 153 Å². The predicted octanol–water partition coefficient (Wildman–Crippen LogP) is 2.04. The molecule has 0 unspecified atom stereocenters. The number of aliphatic hydroxyl groups is 1. The van der Waals surface area contributed by atoms with Gasteiger partial charge in [0.05, 0.1) is 46.2 Å². The molecule has 0 aliphatic carbocycles. The van der Waals surface area contributed by atoms with Crippen molar-refractivity contribution in [3.63, 3.8) is 0 Å². The highest BCUT2D eigenvalue weighted by atomic mass is 16.8. The molecule has 14 bridgehead atoms. The first-order valence-electron chi connectivity index (χ1n) is 37.9. The Hall–Kier alpha value is -2.09. The molecule has 110 heavy (non-hydrogen) atoms. The fraction of sp³-hybridized carbons (Fsp3) is 1.00. The van der Waals surface area contributed by atoms with Gasteiger partial charge in [0.15, 0.2) is 44.0 Å². The van der Waals surface area contributed by atoms with Crippen LogP contribution in [0, 0.1) is 0 Å². The smallest absolute Gasteiger partial charge is 0.187 e. The van der Waals surface area contributed by atoms with Gasteiger partial charge in [0.1, 0.15) is 171 Å². The third-order valence-electron chi connectivity index (χ3n) is 21.6. The van der Waals surface area contributed by atoms with Crippen LogP contribution in [0.25, 0.3) is 10.4 Å². The van der Waals surface area contributed by atoms with Crippen molar-refractivity contribution in [3.8, 4) is 0 Å². The number of azide groups is 1. The molecule has 0 radical (unpaired) electrons. The molecular formula is C72H129N3O35. The lowest BCUT2D eigenvalue weighted by molar-refractivity contribution is -0.403. The van der Waals surface area contributed by atoms with Gasteiger partial charge in [0.25, 0.3) is 0 Å². The van der Waals surface area contributed by atoms with Crippen molar-refractivity contribution in [1.82, 2.24) is 0 Å². The maximum atomic E-state index is 12.9. The lowest BCUT2D eigenvalue weighted by Gasteiger charge is -2.52. The van der Waals surface area contributed by atoms with E-state index in [2.05, 4.69) is 10.0 Å². The normalized spacial score (nSPS) is 42.2. The van der Waals surface area contributed by atoms with Crippen LogP contribution in [0.4, 0.5) is 0 Å². The molecule has 38 nitrogen and oxygen atoms in total. The number of nitrogens with zero attached hydrogens (tertiary/aromatic N) is 3. The zero-order valence-corrected chi connectivity index (χ0v) is 67.6. The van der Waals surface area contributed by atoms with Gasteiger partial charge in [-0.3, -0.25) is 0 Å². The maximum Gasteiger partial charge on any atom is 0.187 e. The summed E-state index contributed by atoms with van der Waals surface area (Å²) in [6, 6.07) is 0. The minimum atomic E-state index is -1.53. The van der Waals surface area contributed by atoms with E-state index in [0.717, 1.165) is 51.4 Å². The molecule has 0 saturated carbocycles. The van der Waals surface area contributed by atoms with Crippen molar-refractivity contribution in [2.75, 3.05) is 194 Å². The molecule has 642 valence electrons. The zero-order valence-electron chi connectivity index (χ0n) is 67.6. The van der Waals surface area contributed by atoms with Crippen molar-refractivity contribution in [3.05, 3.63) is 10.4 Å². The highest BCUT2D eigenvalue weighted by Gasteiger charge is 2.62. The van der Waals surface area contributed by atoms with Crippen LogP contribution in [0.5, 0.6) is 0 Å². The Kier molecular flexibility index (Phi) is 41.4. The lowest BCUT2D eigenvalue weighted by Crippen LogP contribution is -2.69. The summed E-state index contributed by atoms with van der Waals surface area (Å²) in [6.45, 7) is 0.221. The van der Waals surface area contributed by atoms with Crippen LogP contribution in [0.15, 0.2) is 5.11 Å². The number of aliphatic hydroxyl groups excluding tert-OH is 1. The van der Waals surface area contributed by atoms with Crippen molar-refractivity contribution in [1.29, 1.82) is 0 Å².